The topological polar surface area (TPSA) is 55.4 Å². The minimum absolute atomic E-state index is 0.0182. The van der Waals surface area contributed by atoms with Gasteiger partial charge in [0.1, 0.15) is 5.75 Å². The van der Waals surface area contributed by atoms with E-state index in [0.29, 0.717) is 29.5 Å². The Morgan fingerprint density at radius 2 is 1.92 bits per heavy atom. The predicted octanol–water partition coefficient (Wildman–Crippen LogP) is 3.88. The van der Waals surface area contributed by atoms with Crippen LogP contribution in [0, 0.1) is 6.92 Å². The summed E-state index contributed by atoms with van der Waals surface area (Å²) in [4.78, 5) is 24.4. The zero-order valence-electron chi connectivity index (χ0n) is 13.8. The van der Waals surface area contributed by atoms with Gasteiger partial charge in [0, 0.05) is 23.6 Å². The van der Waals surface area contributed by atoms with Gasteiger partial charge in [-0.3, -0.25) is 9.59 Å². The van der Waals surface area contributed by atoms with Crippen LogP contribution in [0.15, 0.2) is 42.5 Å². The molecule has 0 saturated carbocycles. The minimum Gasteiger partial charge on any atom is -0.494 e. The number of Topliss-reactive ketones (excluding diaryl/α,β-unsaturated/α-hetero) is 1. The van der Waals surface area contributed by atoms with E-state index in [-0.39, 0.29) is 6.42 Å². The maximum Gasteiger partial charge on any atom is 0.292 e. The molecule has 0 heterocycles. The van der Waals surface area contributed by atoms with Crippen molar-refractivity contribution in [3.05, 3.63) is 59.2 Å². The molecule has 0 fully saturated rings. The van der Waals surface area contributed by atoms with Gasteiger partial charge in [-0.05, 0) is 37.1 Å². The zero-order valence-corrected chi connectivity index (χ0v) is 14.5. The molecule has 5 heteroatoms. The number of amides is 1. The van der Waals surface area contributed by atoms with Crippen molar-refractivity contribution in [3.63, 3.8) is 0 Å². The maximum absolute atomic E-state index is 12.2. The van der Waals surface area contributed by atoms with E-state index in [0.717, 1.165) is 11.1 Å². The van der Waals surface area contributed by atoms with Crippen molar-refractivity contribution in [1.29, 1.82) is 0 Å². The van der Waals surface area contributed by atoms with Crippen LogP contribution in [0.4, 0.5) is 5.69 Å². The lowest BCUT2D eigenvalue weighted by Gasteiger charge is -2.12. The van der Waals surface area contributed by atoms with Crippen molar-refractivity contribution in [2.75, 3.05) is 11.9 Å². The molecule has 4 nitrogen and oxygen atoms in total. The molecule has 0 bridgehead atoms. The highest BCUT2D eigenvalue weighted by Crippen LogP contribution is 2.23. The molecule has 0 unspecified atom stereocenters. The van der Waals surface area contributed by atoms with Gasteiger partial charge in [0.25, 0.3) is 5.91 Å². The molecule has 2 aromatic carbocycles. The van der Waals surface area contributed by atoms with Gasteiger partial charge in [-0.15, -0.1) is 11.6 Å². The van der Waals surface area contributed by atoms with Crippen LogP contribution in [-0.4, -0.2) is 18.3 Å². The molecule has 2 rings (SSSR count). The number of aryl methyl sites for hydroxylation is 1. The van der Waals surface area contributed by atoms with E-state index in [1.165, 1.54) is 0 Å². The molecule has 0 aromatic heterocycles. The second kappa shape index (κ2) is 8.50. The summed E-state index contributed by atoms with van der Waals surface area (Å²) in [7, 11) is 0. The maximum atomic E-state index is 12.2. The van der Waals surface area contributed by atoms with E-state index in [1.807, 2.05) is 38.1 Å². The number of ketones is 1. The number of halogens is 1. The Morgan fingerprint density at radius 1 is 1.17 bits per heavy atom. The number of hydrogen-bond donors (Lipinski definition) is 1. The molecule has 24 heavy (non-hydrogen) atoms. The second-order valence-electron chi connectivity index (χ2n) is 5.38. The lowest BCUT2D eigenvalue weighted by molar-refractivity contribution is -0.134. The first kappa shape index (κ1) is 18.0. The van der Waals surface area contributed by atoms with Gasteiger partial charge in [-0.25, -0.2) is 0 Å². The lowest BCUT2D eigenvalue weighted by atomic mass is 10.0. The van der Waals surface area contributed by atoms with Crippen molar-refractivity contribution >= 4 is 29.0 Å². The van der Waals surface area contributed by atoms with Gasteiger partial charge < -0.3 is 10.1 Å². The highest BCUT2D eigenvalue weighted by molar-refractivity contribution is 6.41. The average Bonchev–Trinajstić information content (AvgIpc) is 2.58. The molecule has 126 valence electrons. The molecule has 0 aliphatic carbocycles. The van der Waals surface area contributed by atoms with E-state index >= 15 is 0 Å². The molecule has 0 spiro atoms. The Morgan fingerprint density at radius 3 is 2.58 bits per heavy atom. The summed E-state index contributed by atoms with van der Waals surface area (Å²) < 4.78 is 5.55. The average molecular weight is 346 g/mol. The normalized spacial score (nSPS) is 10.3. The number of para-hydroxylation sites is 1. The summed E-state index contributed by atoms with van der Waals surface area (Å²) >= 11 is 5.83. The molecule has 1 N–H and O–H groups in total. The summed E-state index contributed by atoms with van der Waals surface area (Å²) in [6.45, 7) is 4.21. The standard InChI is InChI=1S/C19H20ClNO3/c1-3-24-18-10-14(12-20)8-9-15(18)11-17(22)19(23)21-16-7-5-4-6-13(16)2/h4-10H,3,11-12H2,1-2H3,(H,21,23). The molecular weight excluding hydrogens is 326 g/mol. The number of rotatable bonds is 7. The number of carbonyl (C=O) groups excluding carboxylic acids is 2. The Balaban J connectivity index is 2.11. The highest BCUT2D eigenvalue weighted by Gasteiger charge is 2.17. The quantitative estimate of drug-likeness (QED) is 0.612. The van der Waals surface area contributed by atoms with Crippen molar-refractivity contribution in [3.8, 4) is 5.75 Å². The van der Waals surface area contributed by atoms with Crippen molar-refractivity contribution < 1.29 is 14.3 Å². The number of hydrogen-bond acceptors (Lipinski definition) is 3. The first-order valence-corrected chi connectivity index (χ1v) is 8.29. The van der Waals surface area contributed by atoms with Gasteiger partial charge in [-0.1, -0.05) is 30.3 Å². The fourth-order valence-corrected chi connectivity index (χ4v) is 2.44. The summed E-state index contributed by atoms with van der Waals surface area (Å²) in [5.74, 6) is -0.194. The number of ether oxygens (including phenoxy) is 1. The van der Waals surface area contributed by atoms with Crippen LogP contribution in [0.25, 0.3) is 0 Å². The second-order valence-corrected chi connectivity index (χ2v) is 5.64. The summed E-state index contributed by atoms with van der Waals surface area (Å²) in [6, 6.07) is 12.7. The third-order valence-corrected chi connectivity index (χ3v) is 3.89. The predicted molar refractivity (Wildman–Crippen MR) is 95.7 cm³/mol. The number of carbonyl (C=O) groups is 2. The Hall–Kier alpha value is -2.33. The fraction of sp³-hybridized carbons (Fsp3) is 0.263. The SMILES string of the molecule is CCOc1cc(CCl)ccc1CC(=O)C(=O)Nc1ccccc1C. The van der Waals surface area contributed by atoms with E-state index in [1.54, 1.807) is 18.2 Å². The van der Waals surface area contributed by atoms with E-state index in [9.17, 15) is 9.59 Å². The molecular formula is C19H20ClNO3. The smallest absolute Gasteiger partial charge is 0.292 e. The van der Waals surface area contributed by atoms with Crippen LogP contribution in [0.3, 0.4) is 0 Å². The molecule has 0 aliphatic rings. The summed E-state index contributed by atoms with van der Waals surface area (Å²) in [6.07, 6.45) is -0.0182. The first-order chi connectivity index (χ1) is 11.5. The van der Waals surface area contributed by atoms with Crippen LogP contribution in [-0.2, 0) is 21.9 Å². The summed E-state index contributed by atoms with van der Waals surface area (Å²) in [5.41, 5.74) is 3.12. The molecule has 0 aliphatic heterocycles. The van der Waals surface area contributed by atoms with E-state index < -0.39 is 11.7 Å². The summed E-state index contributed by atoms with van der Waals surface area (Å²) in [5, 5.41) is 2.65. The zero-order chi connectivity index (χ0) is 17.5. The first-order valence-electron chi connectivity index (χ1n) is 7.75. The molecule has 0 atom stereocenters. The third-order valence-electron chi connectivity index (χ3n) is 3.58. The molecule has 1 amide bonds. The van der Waals surface area contributed by atoms with Crippen molar-refractivity contribution in [1.82, 2.24) is 0 Å². The number of nitrogens with one attached hydrogen (secondary N) is 1. The van der Waals surface area contributed by atoms with Crippen molar-refractivity contribution in [2.24, 2.45) is 0 Å². The van der Waals surface area contributed by atoms with Gasteiger partial charge in [-0.2, -0.15) is 0 Å². The molecule has 0 saturated heterocycles. The largest absolute Gasteiger partial charge is 0.494 e. The van der Waals surface area contributed by atoms with Crippen LogP contribution >= 0.6 is 11.6 Å². The minimum atomic E-state index is -0.631. The Bertz CT molecular complexity index is 743. The monoisotopic (exact) mass is 345 g/mol. The van der Waals surface area contributed by atoms with Crippen LogP contribution in [0.2, 0.25) is 0 Å². The van der Waals surface area contributed by atoms with E-state index in [2.05, 4.69) is 5.32 Å². The molecule has 2 aromatic rings. The number of benzene rings is 2. The van der Waals surface area contributed by atoms with Gasteiger partial charge in [0.15, 0.2) is 0 Å². The van der Waals surface area contributed by atoms with Gasteiger partial charge >= 0.3 is 0 Å². The van der Waals surface area contributed by atoms with Crippen LogP contribution in [0.5, 0.6) is 5.75 Å². The Labute approximate surface area is 146 Å². The fourth-order valence-electron chi connectivity index (χ4n) is 2.28. The lowest BCUT2D eigenvalue weighted by Crippen LogP contribution is -2.25. The number of anilines is 1. The number of alkyl halides is 1. The van der Waals surface area contributed by atoms with E-state index in [4.69, 9.17) is 16.3 Å². The molecule has 0 radical (unpaired) electrons. The van der Waals surface area contributed by atoms with Crippen LogP contribution in [0.1, 0.15) is 23.6 Å². The van der Waals surface area contributed by atoms with Gasteiger partial charge in [0.2, 0.25) is 5.78 Å². The Kier molecular flexibility index (Phi) is 6.38. The van der Waals surface area contributed by atoms with Crippen molar-refractivity contribution in [2.45, 2.75) is 26.1 Å². The highest BCUT2D eigenvalue weighted by atomic mass is 35.5. The van der Waals surface area contributed by atoms with Gasteiger partial charge in [0.05, 0.1) is 6.61 Å². The third kappa shape index (κ3) is 4.59. The van der Waals surface area contributed by atoms with Crippen LogP contribution < -0.4 is 10.1 Å².